The van der Waals surface area contributed by atoms with Crippen LogP contribution in [0.5, 0.6) is 0 Å². The lowest BCUT2D eigenvalue weighted by Crippen LogP contribution is -2.25. The molecule has 1 aliphatic rings. The summed E-state index contributed by atoms with van der Waals surface area (Å²) in [4.78, 5) is 0. The van der Waals surface area contributed by atoms with Crippen molar-refractivity contribution >= 4 is 5.82 Å². The van der Waals surface area contributed by atoms with E-state index in [0.717, 1.165) is 17.3 Å². The van der Waals surface area contributed by atoms with E-state index in [0.29, 0.717) is 11.3 Å². The summed E-state index contributed by atoms with van der Waals surface area (Å²) in [7, 11) is 1.89. The topological polar surface area (TPSA) is 43.8 Å². The Morgan fingerprint density at radius 3 is 2.39 bits per heavy atom. The minimum absolute atomic E-state index is 0.441. The zero-order valence-electron chi connectivity index (χ0n) is 14.8. The van der Waals surface area contributed by atoms with Gasteiger partial charge < -0.3 is 5.73 Å². The van der Waals surface area contributed by atoms with Crippen molar-refractivity contribution in [3.63, 3.8) is 0 Å². The van der Waals surface area contributed by atoms with Gasteiger partial charge in [0.15, 0.2) is 0 Å². The third-order valence-electron chi connectivity index (χ3n) is 5.61. The number of nitrogens with zero attached hydrogens (tertiary/aromatic N) is 2. The second-order valence-electron chi connectivity index (χ2n) is 8.11. The van der Waals surface area contributed by atoms with Crippen molar-refractivity contribution in [3.8, 4) is 11.1 Å². The predicted molar refractivity (Wildman–Crippen MR) is 97.2 cm³/mol. The molecule has 0 spiro atoms. The fraction of sp³-hybridized carbons (Fsp3) is 0.550. The van der Waals surface area contributed by atoms with Gasteiger partial charge in [-0.25, -0.2) is 0 Å². The number of nitrogen functional groups attached to an aromatic ring is 1. The number of aryl methyl sites for hydroxylation is 1. The van der Waals surface area contributed by atoms with E-state index < -0.39 is 0 Å². The van der Waals surface area contributed by atoms with E-state index in [1.165, 1.54) is 36.8 Å². The summed E-state index contributed by atoms with van der Waals surface area (Å²) in [6, 6.07) is 8.89. The van der Waals surface area contributed by atoms with Crippen LogP contribution in [-0.2, 0) is 7.05 Å². The molecule has 0 amide bonds. The van der Waals surface area contributed by atoms with Crippen LogP contribution < -0.4 is 5.73 Å². The molecule has 2 N–H and O–H groups in total. The van der Waals surface area contributed by atoms with E-state index in [1.54, 1.807) is 4.68 Å². The zero-order chi connectivity index (χ0) is 16.6. The van der Waals surface area contributed by atoms with Crippen LogP contribution in [-0.4, -0.2) is 9.78 Å². The molecule has 1 heterocycles. The first-order chi connectivity index (χ1) is 10.9. The van der Waals surface area contributed by atoms with Gasteiger partial charge in [-0.05, 0) is 54.1 Å². The quantitative estimate of drug-likeness (QED) is 0.849. The summed E-state index contributed by atoms with van der Waals surface area (Å²) in [6.07, 6.45) is 7.15. The zero-order valence-corrected chi connectivity index (χ0v) is 14.8. The van der Waals surface area contributed by atoms with Crippen LogP contribution in [0.2, 0.25) is 0 Å². The Morgan fingerprint density at radius 1 is 1.13 bits per heavy atom. The van der Waals surface area contributed by atoms with Crippen LogP contribution in [0.1, 0.15) is 57.9 Å². The van der Waals surface area contributed by atoms with Gasteiger partial charge in [0, 0.05) is 12.6 Å². The molecule has 0 saturated heterocycles. The van der Waals surface area contributed by atoms with Gasteiger partial charge in [0.25, 0.3) is 0 Å². The van der Waals surface area contributed by atoms with E-state index in [9.17, 15) is 0 Å². The van der Waals surface area contributed by atoms with Crippen molar-refractivity contribution in [2.45, 2.75) is 52.4 Å². The summed E-state index contributed by atoms with van der Waals surface area (Å²) in [5, 5.41) is 4.26. The number of benzene rings is 1. The van der Waals surface area contributed by atoms with Crippen LogP contribution in [0.25, 0.3) is 11.1 Å². The Bertz CT molecular complexity index is 670. The third kappa shape index (κ3) is 3.29. The van der Waals surface area contributed by atoms with Gasteiger partial charge in [0.2, 0.25) is 0 Å². The molecule has 1 fully saturated rings. The Balaban J connectivity index is 1.78. The van der Waals surface area contributed by atoms with Crippen molar-refractivity contribution in [2.24, 2.45) is 18.4 Å². The first-order valence-corrected chi connectivity index (χ1v) is 8.74. The molecule has 2 aromatic rings. The second kappa shape index (κ2) is 6.03. The molecule has 1 saturated carbocycles. The summed E-state index contributed by atoms with van der Waals surface area (Å²) in [6.45, 7) is 7.14. The molecule has 124 valence electrons. The first-order valence-electron chi connectivity index (χ1n) is 8.74. The Morgan fingerprint density at radius 2 is 1.83 bits per heavy atom. The maximum absolute atomic E-state index is 6.13. The van der Waals surface area contributed by atoms with E-state index in [2.05, 4.69) is 50.1 Å². The maximum Gasteiger partial charge on any atom is 0.129 e. The highest BCUT2D eigenvalue weighted by Crippen LogP contribution is 2.43. The van der Waals surface area contributed by atoms with E-state index in [-0.39, 0.29) is 0 Å². The Labute approximate surface area is 139 Å². The average Bonchev–Trinajstić information content (AvgIpc) is 2.86. The Kier molecular flexibility index (Phi) is 4.22. The highest BCUT2D eigenvalue weighted by Gasteiger charge is 2.30. The third-order valence-corrected chi connectivity index (χ3v) is 5.61. The smallest absolute Gasteiger partial charge is 0.129 e. The molecule has 0 radical (unpaired) electrons. The van der Waals surface area contributed by atoms with Crippen molar-refractivity contribution in [1.82, 2.24) is 9.78 Å². The van der Waals surface area contributed by atoms with Gasteiger partial charge in [0.1, 0.15) is 5.82 Å². The lowest BCUT2D eigenvalue weighted by atomic mass is 9.68. The summed E-state index contributed by atoms with van der Waals surface area (Å²) in [5.74, 6) is 2.28. The summed E-state index contributed by atoms with van der Waals surface area (Å²) >= 11 is 0. The van der Waals surface area contributed by atoms with E-state index in [4.69, 9.17) is 5.73 Å². The fourth-order valence-corrected chi connectivity index (χ4v) is 3.92. The van der Waals surface area contributed by atoms with Crippen molar-refractivity contribution < 1.29 is 0 Å². The SMILES string of the molecule is Cn1ncc(-c2cccc(C3CCC(C(C)(C)C)CC3)c2)c1N. The van der Waals surface area contributed by atoms with Crippen LogP contribution in [0, 0.1) is 11.3 Å². The summed E-state index contributed by atoms with van der Waals surface area (Å²) < 4.78 is 1.73. The molecule has 0 unspecified atom stereocenters. The van der Waals surface area contributed by atoms with Crippen LogP contribution in [0.15, 0.2) is 30.5 Å². The highest BCUT2D eigenvalue weighted by molar-refractivity contribution is 5.73. The molecule has 1 aliphatic carbocycles. The van der Waals surface area contributed by atoms with Gasteiger partial charge in [-0.3, -0.25) is 4.68 Å². The molecule has 3 nitrogen and oxygen atoms in total. The van der Waals surface area contributed by atoms with Crippen LogP contribution >= 0.6 is 0 Å². The molecule has 3 heteroatoms. The summed E-state index contributed by atoms with van der Waals surface area (Å²) in [5.41, 5.74) is 10.3. The van der Waals surface area contributed by atoms with E-state index in [1.807, 2.05) is 13.2 Å². The minimum atomic E-state index is 0.441. The molecule has 23 heavy (non-hydrogen) atoms. The molecule has 0 atom stereocenters. The molecular weight excluding hydrogens is 282 g/mol. The number of aromatic nitrogens is 2. The highest BCUT2D eigenvalue weighted by atomic mass is 15.3. The maximum atomic E-state index is 6.13. The van der Waals surface area contributed by atoms with Gasteiger partial charge in [-0.1, -0.05) is 45.0 Å². The number of hydrogen-bond donors (Lipinski definition) is 1. The predicted octanol–water partition coefficient (Wildman–Crippen LogP) is 4.99. The Hall–Kier alpha value is -1.77. The molecular formula is C20H29N3. The molecule has 0 aliphatic heterocycles. The van der Waals surface area contributed by atoms with E-state index >= 15 is 0 Å². The normalized spacial score (nSPS) is 22.3. The second-order valence-corrected chi connectivity index (χ2v) is 8.11. The van der Waals surface area contributed by atoms with Crippen molar-refractivity contribution in [3.05, 3.63) is 36.0 Å². The lowest BCUT2D eigenvalue weighted by molar-refractivity contribution is 0.169. The molecule has 1 aromatic heterocycles. The van der Waals surface area contributed by atoms with Crippen molar-refractivity contribution in [1.29, 1.82) is 0 Å². The molecule has 3 rings (SSSR count). The standard InChI is InChI=1S/C20H29N3/c1-20(2,3)17-10-8-14(9-11-17)15-6-5-7-16(12-15)18-13-22-23(4)19(18)21/h5-7,12-14,17H,8-11,21H2,1-4H3. The van der Waals surface area contributed by atoms with Crippen LogP contribution in [0.4, 0.5) is 5.82 Å². The van der Waals surface area contributed by atoms with Crippen molar-refractivity contribution in [2.75, 3.05) is 5.73 Å². The average molecular weight is 311 g/mol. The largest absolute Gasteiger partial charge is 0.383 e. The first kappa shape index (κ1) is 16.1. The van der Waals surface area contributed by atoms with Gasteiger partial charge in [-0.15, -0.1) is 0 Å². The molecule has 1 aromatic carbocycles. The minimum Gasteiger partial charge on any atom is -0.383 e. The van der Waals surface area contributed by atoms with Crippen LogP contribution in [0.3, 0.4) is 0 Å². The fourth-order valence-electron chi connectivity index (χ4n) is 3.92. The lowest BCUT2D eigenvalue weighted by Gasteiger charge is -2.37. The number of anilines is 1. The number of rotatable bonds is 2. The molecule has 0 bridgehead atoms. The van der Waals surface area contributed by atoms with Gasteiger partial charge in [0.05, 0.1) is 6.20 Å². The number of nitrogens with two attached hydrogens (primary N) is 1. The number of hydrogen-bond acceptors (Lipinski definition) is 2. The monoisotopic (exact) mass is 311 g/mol. The van der Waals surface area contributed by atoms with Gasteiger partial charge in [-0.2, -0.15) is 5.10 Å². The van der Waals surface area contributed by atoms with Gasteiger partial charge >= 0.3 is 0 Å².